The Labute approximate surface area is 150 Å². The lowest BCUT2D eigenvalue weighted by Crippen LogP contribution is -2.42. The van der Waals surface area contributed by atoms with E-state index < -0.39 is 21.9 Å². The molecule has 1 heterocycles. The Bertz CT molecular complexity index is 887. The maximum absolute atomic E-state index is 13.0. The molecule has 1 amide bonds. The second-order valence-electron chi connectivity index (χ2n) is 5.81. The largest absolute Gasteiger partial charge is 0.311 e. The number of halogens is 2. The summed E-state index contributed by atoms with van der Waals surface area (Å²) < 4.78 is 40.1. The predicted molar refractivity (Wildman–Crippen MR) is 94.4 cm³/mol. The van der Waals surface area contributed by atoms with Crippen LogP contribution in [0.5, 0.6) is 0 Å². The first-order valence-corrected chi connectivity index (χ1v) is 9.68. The normalized spacial score (nSPS) is 17.9. The molecule has 1 N–H and O–H groups in total. The number of amides is 1. The van der Waals surface area contributed by atoms with E-state index in [0.717, 1.165) is 0 Å². The van der Waals surface area contributed by atoms with Gasteiger partial charge in [0, 0.05) is 17.3 Å². The molecule has 1 aliphatic heterocycles. The van der Waals surface area contributed by atoms with Gasteiger partial charge in [-0.05, 0) is 48.4 Å². The first-order chi connectivity index (χ1) is 11.8. The molecule has 0 saturated carbocycles. The standard InChI is InChI=1S/C17H16ClFN2O3S/c18-13-3-1-2-12(10-13)11-25(23,24)20-16-8-9-21(17(16)22)15-6-4-14(19)5-7-15/h1-7,10,16,20H,8-9,11H2/t16-/m0/s1. The van der Waals surface area contributed by atoms with Crippen LogP contribution >= 0.6 is 11.6 Å². The third-order valence-electron chi connectivity index (χ3n) is 3.91. The van der Waals surface area contributed by atoms with E-state index in [2.05, 4.69) is 4.72 Å². The number of anilines is 1. The Kier molecular flexibility index (Phi) is 5.08. The zero-order valence-electron chi connectivity index (χ0n) is 13.2. The molecule has 5 nitrogen and oxygen atoms in total. The van der Waals surface area contributed by atoms with Gasteiger partial charge >= 0.3 is 0 Å². The van der Waals surface area contributed by atoms with Crippen LogP contribution in [0, 0.1) is 5.82 Å². The molecule has 1 atom stereocenters. The minimum Gasteiger partial charge on any atom is -0.311 e. The number of hydrogen-bond donors (Lipinski definition) is 1. The van der Waals surface area contributed by atoms with Gasteiger partial charge in [-0.25, -0.2) is 17.5 Å². The summed E-state index contributed by atoms with van der Waals surface area (Å²) in [5.41, 5.74) is 1.09. The molecule has 0 aromatic heterocycles. The summed E-state index contributed by atoms with van der Waals surface area (Å²) >= 11 is 5.86. The average Bonchev–Trinajstić information content (AvgIpc) is 2.88. The fourth-order valence-corrected chi connectivity index (χ4v) is 4.34. The summed E-state index contributed by atoms with van der Waals surface area (Å²) in [5.74, 6) is -0.996. The van der Waals surface area contributed by atoms with Gasteiger partial charge in [-0.3, -0.25) is 4.79 Å². The first-order valence-electron chi connectivity index (χ1n) is 7.65. The fourth-order valence-electron chi connectivity index (χ4n) is 2.77. The molecule has 132 valence electrons. The molecule has 0 unspecified atom stereocenters. The topological polar surface area (TPSA) is 66.5 Å². The SMILES string of the molecule is O=C1[C@@H](NS(=O)(=O)Cc2cccc(Cl)c2)CCN1c1ccc(F)cc1. The van der Waals surface area contributed by atoms with Gasteiger partial charge in [0.1, 0.15) is 11.9 Å². The second-order valence-corrected chi connectivity index (χ2v) is 8.00. The number of nitrogens with zero attached hydrogens (tertiary/aromatic N) is 1. The van der Waals surface area contributed by atoms with Crippen LogP contribution in [-0.2, 0) is 20.6 Å². The number of rotatable bonds is 5. The molecular weight excluding hydrogens is 367 g/mol. The van der Waals surface area contributed by atoms with Crippen LogP contribution in [0.3, 0.4) is 0 Å². The van der Waals surface area contributed by atoms with E-state index in [9.17, 15) is 17.6 Å². The Balaban J connectivity index is 1.68. The molecule has 2 aromatic rings. The van der Waals surface area contributed by atoms with Crippen LogP contribution in [-0.4, -0.2) is 26.9 Å². The van der Waals surface area contributed by atoms with E-state index in [0.29, 0.717) is 29.2 Å². The first kappa shape index (κ1) is 17.8. The summed E-state index contributed by atoms with van der Waals surface area (Å²) in [7, 11) is -3.70. The number of sulfonamides is 1. The van der Waals surface area contributed by atoms with Gasteiger partial charge in [0.2, 0.25) is 15.9 Å². The van der Waals surface area contributed by atoms with Gasteiger partial charge in [0.05, 0.1) is 5.75 Å². The number of carbonyl (C=O) groups excluding carboxylic acids is 1. The number of benzene rings is 2. The summed E-state index contributed by atoms with van der Waals surface area (Å²) in [6.45, 7) is 0.370. The van der Waals surface area contributed by atoms with Crippen LogP contribution in [0.25, 0.3) is 0 Å². The van der Waals surface area contributed by atoms with E-state index in [-0.39, 0.29) is 11.7 Å². The van der Waals surface area contributed by atoms with Crippen molar-refractivity contribution in [3.8, 4) is 0 Å². The molecule has 0 aliphatic carbocycles. The molecule has 1 fully saturated rings. The molecular formula is C17H16ClFN2O3S. The highest BCUT2D eigenvalue weighted by Crippen LogP contribution is 2.22. The Hall–Kier alpha value is -1.96. The van der Waals surface area contributed by atoms with Crippen LogP contribution in [0.2, 0.25) is 5.02 Å². The highest BCUT2D eigenvalue weighted by Gasteiger charge is 2.35. The summed E-state index contributed by atoms with van der Waals surface area (Å²) in [5, 5.41) is 0.451. The van der Waals surface area contributed by atoms with E-state index >= 15 is 0 Å². The summed E-state index contributed by atoms with van der Waals surface area (Å²) in [4.78, 5) is 13.9. The van der Waals surface area contributed by atoms with E-state index in [4.69, 9.17) is 11.6 Å². The third kappa shape index (κ3) is 4.36. The molecule has 8 heteroatoms. The number of nitrogens with one attached hydrogen (secondary N) is 1. The van der Waals surface area contributed by atoms with Gasteiger partial charge in [0.25, 0.3) is 0 Å². The Morgan fingerprint density at radius 1 is 1.20 bits per heavy atom. The zero-order chi connectivity index (χ0) is 18.0. The molecule has 1 saturated heterocycles. The van der Waals surface area contributed by atoms with Crippen molar-refractivity contribution < 1.29 is 17.6 Å². The van der Waals surface area contributed by atoms with E-state index in [1.165, 1.54) is 29.2 Å². The highest BCUT2D eigenvalue weighted by molar-refractivity contribution is 7.88. The maximum Gasteiger partial charge on any atom is 0.245 e. The molecule has 0 spiro atoms. The Morgan fingerprint density at radius 3 is 2.60 bits per heavy atom. The fraction of sp³-hybridized carbons (Fsp3) is 0.235. The van der Waals surface area contributed by atoms with Gasteiger partial charge in [0.15, 0.2) is 0 Å². The van der Waals surface area contributed by atoms with Crippen molar-refractivity contribution in [2.24, 2.45) is 0 Å². The second kappa shape index (κ2) is 7.11. The van der Waals surface area contributed by atoms with Gasteiger partial charge < -0.3 is 4.90 Å². The van der Waals surface area contributed by atoms with Crippen molar-refractivity contribution in [1.29, 1.82) is 0 Å². The predicted octanol–water partition coefficient (Wildman–Crippen LogP) is 2.70. The Morgan fingerprint density at radius 2 is 1.92 bits per heavy atom. The smallest absolute Gasteiger partial charge is 0.245 e. The number of hydrogen-bond acceptors (Lipinski definition) is 3. The quantitative estimate of drug-likeness (QED) is 0.864. The lowest BCUT2D eigenvalue weighted by Gasteiger charge is -2.17. The monoisotopic (exact) mass is 382 g/mol. The lowest BCUT2D eigenvalue weighted by atomic mass is 10.2. The highest BCUT2D eigenvalue weighted by atomic mass is 35.5. The van der Waals surface area contributed by atoms with Crippen LogP contribution in [0.1, 0.15) is 12.0 Å². The molecule has 0 radical (unpaired) electrons. The molecule has 3 rings (SSSR count). The minimum absolute atomic E-state index is 0.256. The molecule has 2 aromatic carbocycles. The van der Waals surface area contributed by atoms with Crippen molar-refractivity contribution in [2.75, 3.05) is 11.4 Å². The lowest BCUT2D eigenvalue weighted by molar-refractivity contribution is -0.118. The van der Waals surface area contributed by atoms with Crippen LogP contribution in [0.15, 0.2) is 48.5 Å². The maximum atomic E-state index is 13.0. The van der Waals surface area contributed by atoms with Crippen molar-refractivity contribution in [2.45, 2.75) is 18.2 Å². The molecule has 0 bridgehead atoms. The number of carbonyl (C=O) groups is 1. The van der Waals surface area contributed by atoms with Crippen molar-refractivity contribution in [3.63, 3.8) is 0 Å². The van der Waals surface area contributed by atoms with Crippen LogP contribution in [0.4, 0.5) is 10.1 Å². The van der Waals surface area contributed by atoms with Gasteiger partial charge in [-0.2, -0.15) is 0 Å². The third-order valence-corrected chi connectivity index (χ3v) is 5.50. The zero-order valence-corrected chi connectivity index (χ0v) is 14.7. The molecule has 1 aliphatic rings. The average molecular weight is 383 g/mol. The van der Waals surface area contributed by atoms with Gasteiger partial charge in [-0.1, -0.05) is 23.7 Å². The van der Waals surface area contributed by atoms with Gasteiger partial charge in [-0.15, -0.1) is 0 Å². The summed E-state index contributed by atoms with van der Waals surface area (Å²) in [6.07, 6.45) is 0.352. The molecule has 25 heavy (non-hydrogen) atoms. The van der Waals surface area contributed by atoms with Crippen LogP contribution < -0.4 is 9.62 Å². The van der Waals surface area contributed by atoms with E-state index in [1.807, 2.05) is 0 Å². The minimum atomic E-state index is -3.70. The summed E-state index contributed by atoms with van der Waals surface area (Å²) in [6, 6.07) is 11.3. The van der Waals surface area contributed by atoms with Crippen molar-refractivity contribution in [3.05, 3.63) is 64.9 Å². The van der Waals surface area contributed by atoms with Crippen molar-refractivity contribution in [1.82, 2.24) is 4.72 Å². The van der Waals surface area contributed by atoms with Crippen molar-refractivity contribution >= 4 is 33.2 Å². The van der Waals surface area contributed by atoms with E-state index in [1.54, 1.807) is 24.3 Å².